The number of nitrogens with zero attached hydrogens (tertiary/aromatic N) is 3. The molecule has 0 atom stereocenters. The number of ether oxygens (including phenoxy) is 1. The van der Waals surface area contributed by atoms with Gasteiger partial charge in [-0.05, 0) is 71.5 Å². The van der Waals surface area contributed by atoms with Crippen LogP contribution < -0.4 is 10.5 Å². The Bertz CT molecular complexity index is 1470. The molecule has 0 unspecified atom stereocenters. The number of fused-ring (bicyclic) bond motifs is 1. The van der Waals surface area contributed by atoms with Crippen molar-refractivity contribution in [3.05, 3.63) is 82.4 Å². The van der Waals surface area contributed by atoms with Crippen molar-refractivity contribution in [2.24, 2.45) is 7.05 Å². The molecule has 0 aliphatic carbocycles. The third-order valence-corrected chi connectivity index (χ3v) is 6.48. The third kappa shape index (κ3) is 3.51. The van der Waals surface area contributed by atoms with Gasteiger partial charge in [-0.1, -0.05) is 6.07 Å². The van der Waals surface area contributed by atoms with Crippen LogP contribution in [0.5, 0.6) is 11.6 Å². The lowest BCUT2D eigenvalue weighted by Crippen LogP contribution is -2.01. The molecule has 7 heteroatoms. The van der Waals surface area contributed by atoms with Crippen LogP contribution in [0.15, 0.2) is 60.1 Å². The second-order valence-corrected chi connectivity index (χ2v) is 8.73. The number of aromatic nitrogens is 3. The first-order valence-electron chi connectivity index (χ1n) is 10.2. The lowest BCUT2D eigenvalue weighted by molar-refractivity contribution is 0.455. The van der Waals surface area contributed by atoms with Crippen molar-refractivity contribution in [3.63, 3.8) is 0 Å². The van der Waals surface area contributed by atoms with E-state index in [4.69, 9.17) is 10.5 Å². The molecule has 6 nitrogen and oxygen atoms in total. The summed E-state index contributed by atoms with van der Waals surface area (Å²) in [5.41, 5.74) is 13.3. The summed E-state index contributed by atoms with van der Waals surface area (Å²) in [4.78, 5) is 1.18. The number of rotatable bonds is 5. The molecule has 0 aliphatic heterocycles. The fourth-order valence-electron chi connectivity index (χ4n) is 3.96. The summed E-state index contributed by atoms with van der Waals surface area (Å²) in [6.45, 7) is 2.04. The maximum atomic E-state index is 9.34. The number of nitriles is 1. The molecule has 2 aromatic carbocycles. The molecule has 5 rings (SSSR count). The number of nitrogens with one attached hydrogen (secondary N) is 1. The zero-order valence-electron chi connectivity index (χ0n) is 17.7. The molecule has 3 aromatic heterocycles. The highest BCUT2D eigenvalue weighted by Gasteiger charge is 2.18. The summed E-state index contributed by atoms with van der Waals surface area (Å²) >= 11 is 1.70. The van der Waals surface area contributed by atoms with Crippen LogP contribution in [0.2, 0.25) is 0 Å². The number of H-pyrrole nitrogens is 1. The number of nitrogens with two attached hydrogens (primary N) is 1. The number of aryl methyl sites for hydroxylation is 2. The molecule has 0 amide bonds. The Morgan fingerprint density at radius 1 is 1.19 bits per heavy atom. The highest BCUT2D eigenvalue weighted by Crippen LogP contribution is 2.38. The van der Waals surface area contributed by atoms with Gasteiger partial charge in [0.25, 0.3) is 5.88 Å². The predicted octanol–water partition coefficient (Wildman–Crippen LogP) is 5.78. The lowest BCUT2D eigenvalue weighted by atomic mass is 9.96. The maximum Gasteiger partial charge on any atom is 0.262 e. The molecule has 0 fully saturated rings. The third-order valence-electron chi connectivity index (χ3n) is 5.56. The van der Waals surface area contributed by atoms with Crippen LogP contribution in [-0.2, 0) is 13.5 Å². The van der Waals surface area contributed by atoms with Gasteiger partial charge < -0.3 is 15.0 Å². The minimum Gasteiger partial charge on any atom is -0.435 e. The van der Waals surface area contributed by atoms with Gasteiger partial charge in [-0.15, -0.1) is 16.4 Å². The zero-order chi connectivity index (χ0) is 22.2. The summed E-state index contributed by atoms with van der Waals surface area (Å²) in [7, 11) is 1.96. The SMILES string of the molecule is Cc1cc(-c2cccs2)cc(Cc2cc(C#N)ccc2N)c1Oc1n[nH]c2ccn(C)c12. The lowest BCUT2D eigenvalue weighted by Gasteiger charge is -2.16. The van der Waals surface area contributed by atoms with Crippen molar-refractivity contribution in [1.82, 2.24) is 14.8 Å². The summed E-state index contributed by atoms with van der Waals surface area (Å²) in [5, 5.41) is 18.8. The number of hydrogen-bond donors (Lipinski definition) is 2. The molecule has 0 aliphatic rings. The Hall–Kier alpha value is -4.02. The standard InChI is InChI=1S/C25H21N5OS/c1-15-10-18(22-4-3-9-32-22)13-19(12-17-11-16(14-26)5-6-20(17)27)24(15)31-25-23-21(28-29-25)7-8-30(23)2/h3-11,13H,12,27H2,1-2H3,(H,28,29). The Morgan fingerprint density at radius 2 is 2.06 bits per heavy atom. The molecule has 0 spiro atoms. The number of hydrogen-bond acceptors (Lipinski definition) is 5. The smallest absolute Gasteiger partial charge is 0.262 e. The van der Waals surface area contributed by atoms with E-state index in [0.29, 0.717) is 23.6 Å². The van der Waals surface area contributed by atoms with E-state index in [0.717, 1.165) is 39.0 Å². The number of anilines is 1. The van der Waals surface area contributed by atoms with Crippen molar-refractivity contribution in [2.45, 2.75) is 13.3 Å². The van der Waals surface area contributed by atoms with Gasteiger partial charge in [-0.2, -0.15) is 5.26 Å². The quantitative estimate of drug-likeness (QED) is 0.340. The number of aromatic amines is 1. The second kappa shape index (κ2) is 7.91. The normalized spacial score (nSPS) is 11.0. The molecule has 0 bridgehead atoms. The molecular formula is C25H21N5OS. The average Bonchev–Trinajstić information content (AvgIpc) is 3.52. The van der Waals surface area contributed by atoms with E-state index in [1.165, 1.54) is 4.88 Å². The van der Waals surface area contributed by atoms with Crippen LogP contribution in [0.4, 0.5) is 5.69 Å². The average molecular weight is 440 g/mol. The monoisotopic (exact) mass is 439 g/mol. The topological polar surface area (TPSA) is 92.7 Å². The van der Waals surface area contributed by atoms with Crippen molar-refractivity contribution in [3.8, 4) is 28.1 Å². The highest BCUT2D eigenvalue weighted by atomic mass is 32.1. The van der Waals surface area contributed by atoms with Gasteiger partial charge in [0.15, 0.2) is 0 Å². The molecule has 0 saturated heterocycles. The second-order valence-electron chi connectivity index (χ2n) is 7.78. The van der Waals surface area contributed by atoms with E-state index in [9.17, 15) is 5.26 Å². The van der Waals surface area contributed by atoms with Gasteiger partial charge in [0, 0.05) is 35.8 Å². The Kier molecular flexibility index (Phi) is 4.92. The molecule has 3 heterocycles. The van der Waals surface area contributed by atoms with Gasteiger partial charge in [0.05, 0.1) is 17.1 Å². The summed E-state index contributed by atoms with van der Waals surface area (Å²) in [5.74, 6) is 1.28. The molecular weight excluding hydrogens is 418 g/mol. The van der Waals surface area contributed by atoms with Crippen molar-refractivity contribution in [1.29, 1.82) is 5.26 Å². The van der Waals surface area contributed by atoms with Crippen LogP contribution >= 0.6 is 11.3 Å². The van der Waals surface area contributed by atoms with E-state index >= 15 is 0 Å². The van der Waals surface area contributed by atoms with Gasteiger partial charge in [0.1, 0.15) is 11.3 Å². The molecule has 0 saturated carbocycles. The van der Waals surface area contributed by atoms with Gasteiger partial charge in [-0.25, -0.2) is 0 Å². The van der Waals surface area contributed by atoms with Crippen molar-refractivity contribution >= 4 is 28.1 Å². The minimum absolute atomic E-state index is 0.527. The van der Waals surface area contributed by atoms with E-state index in [-0.39, 0.29) is 0 Å². The van der Waals surface area contributed by atoms with Gasteiger partial charge in [-0.3, -0.25) is 5.10 Å². The van der Waals surface area contributed by atoms with Crippen LogP contribution in [-0.4, -0.2) is 14.8 Å². The minimum atomic E-state index is 0.527. The first-order chi connectivity index (χ1) is 15.5. The molecule has 32 heavy (non-hydrogen) atoms. The maximum absolute atomic E-state index is 9.34. The zero-order valence-corrected chi connectivity index (χ0v) is 18.5. The Labute approximate surface area is 189 Å². The Balaban J connectivity index is 1.64. The first-order valence-corrected chi connectivity index (χ1v) is 11.0. The van der Waals surface area contributed by atoms with E-state index in [2.05, 4.69) is 39.8 Å². The molecule has 5 aromatic rings. The number of thiophene rings is 1. The van der Waals surface area contributed by atoms with Crippen LogP contribution in [0, 0.1) is 18.3 Å². The van der Waals surface area contributed by atoms with Gasteiger partial charge in [0.2, 0.25) is 0 Å². The molecule has 158 valence electrons. The van der Waals surface area contributed by atoms with Crippen LogP contribution in [0.1, 0.15) is 22.3 Å². The van der Waals surface area contributed by atoms with Crippen LogP contribution in [0.25, 0.3) is 21.5 Å². The van der Waals surface area contributed by atoms with Crippen molar-refractivity contribution < 1.29 is 4.74 Å². The Morgan fingerprint density at radius 3 is 2.84 bits per heavy atom. The van der Waals surface area contributed by atoms with E-state index in [1.807, 2.05) is 42.9 Å². The molecule has 0 radical (unpaired) electrons. The predicted molar refractivity (Wildman–Crippen MR) is 128 cm³/mol. The summed E-state index contributed by atoms with van der Waals surface area (Å²) in [6, 6.07) is 18.0. The van der Waals surface area contributed by atoms with Gasteiger partial charge >= 0.3 is 0 Å². The van der Waals surface area contributed by atoms with E-state index in [1.54, 1.807) is 23.5 Å². The first kappa shape index (κ1) is 19.9. The van der Waals surface area contributed by atoms with Crippen molar-refractivity contribution in [2.75, 3.05) is 5.73 Å². The van der Waals surface area contributed by atoms with Crippen LogP contribution in [0.3, 0.4) is 0 Å². The molecule has 3 N–H and O–H groups in total. The highest BCUT2D eigenvalue weighted by molar-refractivity contribution is 7.13. The number of benzene rings is 2. The fourth-order valence-corrected chi connectivity index (χ4v) is 4.68. The summed E-state index contributed by atoms with van der Waals surface area (Å²) in [6.07, 6.45) is 2.51. The fraction of sp³-hybridized carbons (Fsp3) is 0.120. The largest absolute Gasteiger partial charge is 0.435 e. The van der Waals surface area contributed by atoms with E-state index < -0.39 is 0 Å². The summed E-state index contributed by atoms with van der Waals surface area (Å²) < 4.78 is 8.39. The number of nitrogen functional groups attached to an aromatic ring is 1.